The molecule has 3 amide bonds. The Morgan fingerprint density at radius 1 is 1.00 bits per heavy atom. The fourth-order valence-corrected chi connectivity index (χ4v) is 2.59. The lowest BCUT2D eigenvalue weighted by Gasteiger charge is -2.08. The smallest absolute Gasteiger partial charge is 0.252 e. The number of rotatable bonds is 6. The number of hydrogen-bond donors (Lipinski definition) is 3. The van der Waals surface area contributed by atoms with Crippen molar-refractivity contribution in [2.75, 3.05) is 6.54 Å². The number of halogens is 2. The van der Waals surface area contributed by atoms with Crippen LogP contribution in [0.5, 0.6) is 0 Å². The topological polar surface area (TPSA) is 101 Å². The number of amides is 3. The van der Waals surface area contributed by atoms with Crippen LogP contribution in [-0.2, 0) is 11.3 Å². The highest BCUT2D eigenvalue weighted by molar-refractivity contribution is 9.10. The van der Waals surface area contributed by atoms with E-state index in [1.807, 2.05) is 0 Å². The highest BCUT2D eigenvalue weighted by Gasteiger charge is 2.11. The number of carbonyl (C=O) groups excluding carboxylic acids is 3. The SMILES string of the molecule is NC(=O)CNC(=O)c1ccc(CNC(=O)c2cc(Cl)ccc2Br)cc1. The van der Waals surface area contributed by atoms with Gasteiger partial charge in [0.25, 0.3) is 11.8 Å². The zero-order valence-electron chi connectivity index (χ0n) is 13.0. The molecule has 0 fully saturated rings. The molecule has 25 heavy (non-hydrogen) atoms. The van der Waals surface area contributed by atoms with Gasteiger partial charge in [-0.2, -0.15) is 0 Å². The molecule has 0 atom stereocenters. The minimum atomic E-state index is -0.611. The largest absolute Gasteiger partial charge is 0.368 e. The van der Waals surface area contributed by atoms with Crippen LogP contribution >= 0.6 is 27.5 Å². The third-order valence-corrected chi connectivity index (χ3v) is 4.19. The van der Waals surface area contributed by atoms with Gasteiger partial charge in [0.1, 0.15) is 0 Å². The van der Waals surface area contributed by atoms with Crippen molar-refractivity contribution in [2.45, 2.75) is 6.54 Å². The van der Waals surface area contributed by atoms with E-state index in [-0.39, 0.29) is 12.5 Å². The summed E-state index contributed by atoms with van der Waals surface area (Å²) in [5, 5.41) is 5.65. The molecule has 0 aromatic heterocycles. The van der Waals surface area contributed by atoms with Crippen molar-refractivity contribution in [3.8, 4) is 0 Å². The van der Waals surface area contributed by atoms with Crippen molar-refractivity contribution in [3.63, 3.8) is 0 Å². The molecule has 4 N–H and O–H groups in total. The van der Waals surface area contributed by atoms with E-state index in [0.29, 0.717) is 27.2 Å². The number of nitrogens with one attached hydrogen (secondary N) is 2. The van der Waals surface area contributed by atoms with Gasteiger partial charge in [0, 0.05) is 21.6 Å². The Hall–Kier alpha value is -2.38. The van der Waals surface area contributed by atoms with Gasteiger partial charge in [0.05, 0.1) is 12.1 Å². The van der Waals surface area contributed by atoms with E-state index in [9.17, 15) is 14.4 Å². The predicted octanol–water partition coefficient (Wildman–Crippen LogP) is 2.25. The molecule has 0 aliphatic carbocycles. The summed E-state index contributed by atoms with van der Waals surface area (Å²) in [4.78, 5) is 34.6. The quantitative estimate of drug-likeness (QED) is 0.663. The van der Waals surface area contributed by atoms with Gasteiger partial charge in [-0.25, -0.2) is 0 Å². The molecule has 0 bridgehead atoms. The molecule has 2 aromatic rings. The number of nitrogens with two attached hydrogens (primary N) is 1. The molecule has 2 rings (SSSR count). The van der Waals surface area contributed by atoms with E-state index < -0.39 is 11.8 Å². The molecule has 8 heteroatoms. The number of hydrogen-bond acceptors (Lipinski definition) is 3. The summed E-state index contributed by atoms with van der Waals surface area (Å²) >= 11 is 9.21. The van der Waals surface area contributed by atoms with Crippen LogP contribution in [0.25, 0.3) is 0 Å². The van der Waals surface area contributed by atoms with Gasteiger partial charge in [0.15, 0.2) is 0 Å². The lowest BCUT2D eigenvalue weighted by atomic mass is 10.1. The Labute approximate surface area is 157 Å². The Morgan fingerprint density at radius 3 is 2.32 bits per heavy atom. The van der Waals surface area contributed by atoms with Crippen LogP contribution in [0.2, 0.25) is 5.02 Å². The van der Waals surface area contributed by atoms with E-state index in [1.165, 1.54) is 0 Å². The highest BCUT2D eigenvalue weighted by atomic mass is 79.9. The van der Waals surface area contributed by atoms with E-state index in [2.05, 4.69) is 26.6 Å². The van der Waals surface area contributed by atoms with Gasteiger partial charge >= 0.3 is 0 Å². The van der Waals surface area contributed by atoms with Crippen LogP contribution in [0.1, 0.15) is 26.3 Å². The molecule has 0 saturated carbocycles. The lowest BCUT2D eigenvalue weighted by molar-refractivity contribution is -0.117. The Balaban J connectivity index is 1.95. The molecule has 6 nitrogen and oxygen atoms in total. The lowest BCUT2D eigenvalue weighted by Crippen LogP contribution is -2.33. The molecule has 0 aliphatic rings. The van der Waals surface area contributed by atoms with E-state index in [0.717, 1.165) is 5.56 Å². The van der Waals surface area contributed by atoms with Crippen molar-refractivity contribution >= 4 is 45.3 Å². The van der Waals surface area contributed by atoms with Gasteiger partial charge in [-0.3, -0.25) is 14.4 Å². The Morgan fingerprint density at radius 2 is 1.68 bits per heavy atom. The van der Waals surface area contributed by atoms with E-state index >= 15 is 0 Å². The summed E-state index contributed by atoms with van der Waals surface area (Å²) in [6.07, 6.45) is 0. The predicted molar refractivity (Wildman–Crippen MR) is 98.3 cm³/mol. The normalized spacial score (nSPS) is 10.2. The minimum Gasteiger partial charge on any atom is -0.368 e. The van der Waals surface area contributed by atoms with Crippen molar-refractivity contribution in [3.05, 3.63) is 68.7 Å². The van der Waals surface area contributed by atoms with Crippen molar-refractivity contribution in [1.29, 1.82) is 0 Å². The van der Waals surface area contributed by atoms with Gasteiger partial charge in [0.2, 0.25) is 5.91 Å². The van der Waals surface area contributed by atoms with Crippen LogP contribution in [0.4, 0.5) is 0 Å². The van der Waals surface area contributed by atoms with Gasteiger partial charge in [-0.1, -0.05) is 23.7 Å². The van der Waals surface area contributed by atoms with Crippen LogP contribution < -0.4 is 16.4 Å². The molecule has 0 saturated heterocycles. The third-order valence-electron chi connectivity index (χ3n) is 3.27. The second-order valence-corrected chi connectivity index (χ2v) is 6.44. The highest BCUT2D eigenvalue weighted by Crippen LogP contribution is 2.21. The molecule has 2 aromatic carbocycles. The molecule has 130 valence electrons. The second kappa shape index (κ2) is 8.64. The van der Waals surface area contributed by atoms with Crippen molar-refractivity contribution < 1.29 is 14.4 Å². The molecule has 0 heterocycles. The maximum atomic E-state index is 12.2. The summed E-state index contributed by atoms with van der Waals surface area (Å²) in [6, 6.07) is 11.6. The summed E-state index contributed by atoms with van der Waals surface area (Å²) < 4.78 is 0.649. The first-order valence-electron chi connectivity index (χ1n) is 7.25. The molecule has 0 radical (unpaired) electrons. The number of benzene rings is 2. The minimum absolute atomic E-state index is 0.217. The van der Waals surface area contributed by atoms with Crippen LogP contribution in [-0.4, -0.2) is 24.3 Å². The molecule has 0 aliphatic heterocycles. The van der Waals surface area contributed by atoms with Crippen molar-refractivity contribution in [1.82, 2.24) is 10.6 Å². The van der Waals surface area contributed by atoms with Crippen LogP contribution in [0.3, 0.4) is 0 Å². The van der Waals surface area contributed by atoms with Gasteiger partial charge in [-0.15, -0.1) is 0 Å². The first kappa shape index (κ1) is 19.0. The third kappa shape index (κ3) is 5.58. The standard InChI is InChI=1S/C17H15BrClN3O3/c18-14-6-5-12(19)7-13(14)17(25)21-8-10-1-3-11(4-2-10)16(24)22-9-15(20)23/h1-7H,8-9H2,(H2,20,23)(H,21,25)(H,22,24). The Bertz CT molecular complexity index is 809. The van der Waals surface area contributed by atoms with Crippen molar-refractivity contribution in [2.24, 2.45) is 5.73 Å². The first-order chi connectivity index (χ1) is 11.9. The van der Waals surface area contributed by atoms with Gasteiger partial charge in [-0.05, 0) is 51.8 Å². The summed E-state index contributed by atoms with van der Waals surface area (Å²) in [6.45, 7) is 0.0755. The summed E-state index contributed by atoms with van der Waals surface area (Å²) in [5.74, 6) is -1.27. The first-order valence-corrected chi connectivity index (χ1v) is 8.42. The fraction of sp³-hybridized carbons (Fsp3) is 0.118. The number of primary amides is 1. The maximum absolute atomic E-state index is 12.2. The van der Waals surface area contributed by atoms with E-state index in [1.54, 1.807) is 42.5 Å². The van der Waals surface area contributed by atoms with E-state index in [4.69, 9.17) is 17.3 Å². The zero-order valence-corrected chi connectivity index (χ0v) is 15.4. The van der Waals surface area contributed by atoms with Crippen LogP contribution in [0.15, 0.2) is 46.9 Å². The fourth-order valence-electron chi connectivity index (χ4n) is 1.99. The van der Waals surface area contributed by atoms with Gasteiger partial charge < -0.3 is 16.4 Å². The Kier molecular flexibility index (Phi) is 6.55. The zero-order chi connectivity index (χ0) is 18.4. The number of carbonyl (C=O) groups is 3. The molecule has 0 spiro atoms. The molecular weight excluding hydrogens is 410 g/mol. The second-order valence-electron chi connectivity index (χ2n) is 5.15. The summed E-state index contributed by atoms with van der Waals surface area (Å²) in [5.41, 5.74) is 6.63. The maximum Gasteiger partial charge on any atom is 0.252 e. The van der Waals surface area contributed by atoms with Crippen LogP contribution in [0, 0.1) is 0 Å². The summed E-state index contributed by atoms with van der Waals surface area (Å²) in [7, 11) is 0. The average molecular weight is 425 g/mol. The molecule has 0 unspecified atom stereocenters. The average Bonchev–Trinajstić information content (AvgIpc) is 2.60. The monoisotopic (exact) mass is 423 g/mol. The molecular formula is C17H15BrClN3O3.